The van der Waals surface area contributed by atoms with Crippen molar-refractivity contribution in [1.29, 1.82) is 0 Å². The number of nitrogens with one attached hydrogen (secondary N) is 1. The maximum atomic E-state index is 13.3. The molecule has 92 valence electrons. The van der Waals surface area contributed by atoms with Gasteiger partial charge in [0.15, 0.2) is 0 Å². The molecule has 0 aromatic heterocycles. The molecule has 0 fully saturated rings. The third-order valence-corrected chi connectivity index (χ3v) is 2.30. The Bertz CT molecular complexity index is 440. The Balaban J connectivity index is 2.52. The largest absolute Gasteiger partial charge is 0.448 e. The standard InChI is InChI=1S/C10H10BrFN2O3/c11-6-1-2-8(12)7(5-6)9(15)14-3-4-17-10(13)16/h1-2,5H,3-4H2,(H2,13,16)(H,14,15). The normalized spacial score (nSPS) is 9.76. The molecule has 0 bridgehead atoms. The zero-order valence-corrected chi connectivity index (χ0v) is 10.3. The SMILES string of the molecule is NC(=O)OCCNC(=O)c1cc(Br)ccc1F. The quantitative estimate of drug-likeness (QED) is 0.825. The Hall–Kier alpha value is -1.63. The Morgan fingerprint density at radius 2 is 2.18 bits per heavy atom. The number of carbonyl (C=O) groups is 2. The van der Waals surface area contributed by atoms with Gasteiger partial charge in [-0.2, -0.15) is 0 Å². The molecule has 0 heterocycles. The summed E-state index contributed by atoms with van der Waals surface area (Å²) in [5, 5.41) is 2.39. The number of halogens is 2. The second-order valence-corrected chi connectivity index (χ2v) is 3.96. The second-order valence-electron chi connectivity index (χ2n) is 3.05. The molecule has 0 aliphatic rings. The molecule has 0 saturated heterocycles. The van der Waals surface area contributed by atoms with E-state index in [1.807, 2.05) is 0 Å². The van der Waals surface area contributed by atoms with Crippen molar-refractivity contribution in [2.75, 3.05) is 13.2 Å². The van der Waals surface area contributed by atoms with Gasteiger partial charge in [0, 0.05) is 4.47 Å². The van der Waals surface area contributed by atoms with E-state index in [-0.39, 0.29) is 18.7 Å². The molecule has 3 N–H and O–H groups in total. The molecule has 1 aromatic carbocycles. The molecule has 7 heteroatoms. The van der Waals surface area contributed by atoms with E-state index in [1.54, 1.807) is 0 Å². The van der Waals surface area contributed by atoms with Gasteiger partial charge < -0.3 is 15.8 Å². The van der Waals surface area contributed by atoms with Crippen molar-refractivity contribution in [3.05, 3.63) is 34.1 Å². The van der Waals surface area contributed by atoms with Crippen molar-refractivity contribution < 1.29 is 18.7 Å². The van der Waals surface area contributed by atoms with Gasteiger partial charge in [0.05, 0.1) is 12.1 Å². The highest BCUT2D eigenvalue weighted by molar-refractivity contribution is 9.10. The van der Waals surface area contributed by atoms with E-state index < -0.39 is 17.8 Å². The zero-order chi connectivity index (χ0) is 12.8. The molecule has 5 nitrogen and oxygen atoms in total. The van der Waals surface area contributed by atoms with Gasteiger partial charge >= 0.3 is 6.09 Å². The molecule has 2 amide bonds. The van der Waals surface area contributed by atoms with Crippen molar-refractivity contribution in [1.82, 2.24) is 5.32 Å². The summed E-state index contributed by atoms with van der Waals surface area (Å²) in [6.07, 6.45) is -0.923. The van der Waals surface area contributed by atoms with Crippen LogP contribution in [0.1, 0.15) is 10.4 Å². The van der Waals surface area contributed by atoms with E-state index >= 15 is 0 Å². The fourth-order valence-corrected chi connectivity index (χ4v) is 1.44. The summed E-state index contributed by atoms with van der Waals surface area (Å²) in [5.74, 6) is -1.21. The van der Waals surface area contributed by atoms with Gasteiger partial charge in [-0.3, -0.25) is 4.79 Å². The van der Waals surface area contributed by atoms with Gasteiger partial charge in [-0.05, 0) is 18.2 Å². The molecule has 0 radical (unpaired) electrons. The van der Waals surface area contributed by atoms with Crippen LogP contribution in [0.15, 0.2) is 22.7 Å². The predicted molar refractivity (Wildman–Crippen MR) is 62.0 cm³/mol. The lowest BCUT2D eigenvalue weighted by molar-refractivity contribution is 0.0932. The summed E-state index contributed by atoms with van der Waals surface area (Å²) in [7, 11) is 0. The van der Waals surface area contributed by atoms with Gasteiger partial charge in [0.25, 0.3) is 5.91 Å². The first-order valence-electron chi connectivity index (χ1n) is 4.66. The molecular weight excluding hydrogens is 295 g/mol. The van der Waals surface area contributed by atoms with Crippen LogP contribution in [-0.2, 0) is 4.74 Å². The fraction of sp³-hybridized carbons (Fsp3) is 0.200. The minimum absolute atomic E-state index is 0.0588. The van der Waals surface area contributed by atoms with Gasteiger partial charge in [-0.15, -0.1) is 0 Å². The molecule has 1 aromatic rings. The summed E-state index contributed by atoms with van der Waals surface area (Å²) >= 11 is 3.13. The third-order valence-electron chi connectivity index (χ3n) is 1.80. The summed E-state index contributed by atoms with van der Waals surface area (Å²) in [4.78, 5) is 21.8. The minimum atomic E-state index is -0.923. The molecule has 0 spiro atoms. The van der Waals surface area contributed by atoms with Crippen molar-refractivity contribution in [2.24, 2.45) is 5.73 Å². The first-order chi connectivity index (χ1) is 8.00. The van der Waals surface area contributed by atoms with Crippen LogP contribution in [0.3, 0.4) is 0 Å². The molecule has 0 saturated carbocycles. The molecule has 1 rings (SSSR count). The van der Waals surface area contributed by atoms with Gasteiger partial charge in [-0.1, -0.05) is 15.9 Å². The number of benzene rings is 1. The molecule has 0 atom stereocenters. The average molecular weight is 305 g/mol. The van der Waals surface area contributed by atoms with E-state index in [0.29, 0.717) is 4.47 Å². The molecule has 0 aliphatic carbocycles. The minimum Gasteiger partial charge on any atom is -0.448 e. The first-order valence-corrected chi connectivity index (χ1v) is 5.45. The predicted octanol–water partition coefficient (Wildman–Crippen LogP) is 1.41. The Morgan fingerprint density at radius 3 is 2.82 bits per heavy atom. The van der Waals surface area contributed by atoms with Crippen molar-refractivity contribution in [3.63, 3.8) is 0 Å². The average Bonchev–Trinajstić information content (AvgIpc) is 2.27. The topological polar surface area (TPSA) is 81.4 Å². The van der Waals surface area contributed by atoms with E-state index in [9.17, 15) is 14.0 Å². The van der Waals surface area contributed by atoms with Crippen LogP contribution in [0.25, 0.3) is 0 Å². The van der Waals surface area contributed by atoms with Crippen molar-refractivity contribution in [2.45, 2.75) is 0 Å². The van der Waals surface area contributed by atoms with E-state index in [2.05, 4.69) is 26.0 Å². The number of nitrogens with two attached hydrogens (primary N) is 1. The van der Waals surface area contributed by atoms with Gasteiger partial charge in [0.2, 0.25) is 0 Å². The summed E-state index contributed by atoms with van der Waals surface area (Å²) in [6, 6.07) is 4.03. The summed E-state index contributed by atoms with van der Waals surface area (Å²) in [5.41, 5.74) is 4.64. The smallest absolute Gasteiger partial charge is 0.404 e. The third kappa shape index (κ3) is 4.39. The van der Waals surface area contributed by atoms with E-state index in [0.717, 1.165) is 0 Å². The molecule has 0 aliphatic heterocycles. The summed E-state index contributed by atoms with van der Waals surface area (Å²) in [6.45, 7) is 0.00439. The fourth-order valence-electron chi connectivity index (χ4n) is 1.08. The van der Waals surface area contributed by atoms with Gasteiger partial charge in [-0.25, -0.2) is 9.18 Å². The van der Waals surface area contributed by atoms with Crippen LogP contribution in [-0.4, -0.2) is 25.2 Å². The summed E-state index contributed by atoms with van der Waals surface area (Å²) < 4.78 is 18.3. The van der Waals surface area contributed by atoms with Crippen molar-refractivity contribution >= 4 is 27.9 Å². The molecule has 0 unspecified atom stereocenters. The van der Waals surface area contributed by atoms with Crippen LogP contribution >= 0.6 is 15.9 Å². The molecule has 17 heavy (non-hydrogen) atoms. The first kappa shape index (κ1) is 13.4. The highest BCUT2D eigenvalue weighted by Gasteiger charge is 2.11. The Kier molecular flexibility index (Phi) is 4.89. The van der Waals surface area contributed by atoms with Crippen LogP contribution in [0.4, 0.5) is 9.18 Å². The zero-order valence-electron chi connectivity index (χ0n) is 8.70. The van der Waals surface area contributed by atoms with Crippen LogP contribution < -0.4 is 11.1 Å². The Labute approximate surface area is 105 Å². The number of rotatable bonds is 4. The monoisotopic (exact) mass is 304 g/mol. The maximum absolute atomic E-state index is 13.3. The molecular formula is C10H10BrFN2O3. The lowest BCUT2D eigenvalue weighted by atomic mass is 10.2. The lowest BCUT2D eigenvalue weighted by Crippen LogP contribution is -2.29. The van der Waals surface area contributed by atoms with Crippen molar-refractivity contribution in [3.8, 4) is 0 Å². The number of amides is 2. The lowest BCUT2D eigenvalue weighted by Gasteiger charge is -2.06. The highest BCUT2D eigenvalue weighted by Crippen LogP contribution is 2.15. The van der Waals surface area contributed by atoms with Gasteiger partial charge in [0.1, 0.15) is 12.4 Å². The number of primary amides is 1. The number of ether oxygens (including phenoxy) is 1. The van der Waals surface area contributed by atoms with Crippen LogP contribution in [0.2, 0.25) is 0 Å². The van der Waals surface area contributed by atoms with Crippen LogP contribution in [0.5, 0.6) is 0 Å². The van der Waals surface area contributed by atoms with E-state index in [1.165, 1.54) is 18.2 Å². The van der Waals surface area contributed by atoms with E-state index in [4.69, 9.17) is 5.73 Å². The van der Waals surface area contributed by atoms with Crippen LogP contribution in [0, 0.1) is 5.82 Å². The highest BCUT2D eigenvalue weighted by atomic mass is 79.9. The maximum Gasteiger partial charge on any atom is 0.404 e. The Morgan fingerprint density at radius 1 is 1.47 bits per heavy atom. The second kappa shape index (κ2) is 6.19. The number of hydrogen-bond acceptors (Lipinski definition) is 3. The number of carbonyl (C=O) groups excluding carboxylic acids is 2. The number of hydrogen-bond donors (Lipinski definition) is 2.